The predicted molar refractivity (Wildman–Crippen MR) is 494 cm³/mol. The van der Waals surface area contributed by atoms with Crippen LogP contribution in [0.15, 0.2) is 315 Å². The molecule has 562 valence electrons. The highest BCUT2D eigenvalue weighted by atomic mass is 15.2. The lowest BCUT2D eigenvalue weighted by Gasteiger charge is -2.17. The second-order valence-electron chi connectivity index (χ2n) is 32.7. The first-order chi connectivity index (χ1) is 56.9. The largest absolute Gasteiger partial charge is 0.309 e. The van der Waals surface area contributed by atoms with Crippen LogP contribution < -0.4 is 0 Å². The van der Waals surface area contributed by atoms with Crippen LogP contribution in [0.25, 0.3) is 195 Å². The van der Waals surface area contributed by atoms with E-state index in [1.807, 2.05) is 0 Å². The Bertz CT molecular complexity index is 6710. The normalized spacial score (nSPS) is 11.8. The minimum atomic E-state index is 0.493. The van der Waals surface area contributed by atoms with Crippen LogP contribution >= 0.6 is 0 Å². The van der Waals surface area contributed by atoms with Gasteiger partial charge in [0.1, 0.15) is 0 Å². The molecule has 0 amide bonds. The zero-order chi connectivity index (χ0) is 79.8. The molecule has 117 heavy (non-hydrogen) atoms. The van der Waals surface area contributed by atoms with Crippen molar-refractivity contribution < 1.29 is 0 Å². The van der Waals surface area contributed by atoms with Crippen molar-refractivity contribution in [1.82, 2.24) is 28.7 Å². The molecule has 0 N–H and O–H groups in total. The van der Waals surface area contributed by atoms with E-state index in [1.54, 1.807) is 0 Å². The molecule has 20 rings (SSSR count). The lowest BCUT2D eigenvalue weighted by molar-refractivity contribution is 0.950. The molecular formula is C111H88N6. The SMILES string of the molecule is Cc1cc(C)c(-c2ccc3c(c2)c2cc(-c4c(C)cc(C)cc4C)ccc2n3-c2ccccc2-c2nc(-c3ccccc3-n3c4ccc(-c5c(C)cc(C)cc5C)cc4c4cc(-c5c(C)cc(C)cc5C)ccc43)nc(-n3c4ccc(-c5ccc(-c6ccccc6)cc5)cc4c4cc(-c5ccc(-c6ccccc6)cc5)ccc43)n2)c(C)c1. The van der Waals surface area contributed by atoms with E-state index in [-0.39, 0.29) is 0 Å². The van der Waals surface area contributed by atoms with Crippen LogP contribution in [0.5, 0.6) is 0 Å². The Morgan fingerprint density at radius 3 is 0.675 bits per heavy atom. The van der Waals surface area contributed by atoms with Crippen molar-refractivity contribution in [3.63, 3.8) is 0 Å². The van der Waals surface area contributed by atoms with Crippen molar-refractivity contribution in [3.8, 4) is 129 Å². The van der Waals surface area contributed by atoms with Gasteiger partial charge in [0, 0.05) is 43.4 Å². The summed E-state index contributed by atoms with van der Waals surface area (Å²) >= 11 is 0. The van der Waals surface area contributed by atoms with E-state index >= 15 is 0 Å². The van der Waals surface area contributed by atoms with Gasteiger partial charge in [-0.25, -0.2) is 4.98 Å². The van der Waals surface area contributed by atoms with E-state index < -0.39 is 0 Å². The second-order valence-corrected chi connectivity index (χ2v) is 32.7. The fourth-order valence-corrected chi connectivity index (χ4v) is 19.7. The minimum absolute atomic E-state index is 0.493. The number of hydrogen-bond donors (Lipinski definition) is 0. The Labute approximate surface area is 684 Å². The van der Waals surface area contributed by atoms with Gasteiger partial charge in [-0.3, -0.25) is 4.57 Å². The van der Waals surface area contributed by atoms with Crippen LogP contribution in [0, 0.1) is 83.1 Å². The molecule has 16 aromatic carbocycles. The van der Waals surface area contributed by atoms with Crippen LogP contribution in [0.2, 0.25) is 0 Å². The fraction of sp³-hybridized carbons (Fsp3) is 0.108. The molecular weight excluding hydrogens is 1420 g/mol. The van der Waals surface area contributed by atoms with Crippen LogP contribution in [-0.2, 0) is 0 Å². The standard InChI is InChI=1S/C111H88N6/c1-65-51-69(5)105(70(6)52-65)85-41-47-99-93(61-85)94-62-86(106-71(7)53-66(2)54-72(106)8)42-48-100(94)115(99)97-29-21-19-27-89(97)109-112-110(90-28-20-22-30-98(90)116-101-49-43-87(107-73(9)55-67(3)56-74(107)10)63-95(101)96-64-88(44-50-102(96)116)108-75(11)57-68(4)58-76(108)12)114-111(113-109)117-103-45-39-83(81-35-31-79(32-36-81)77-23-15-13-16-24-77)59-91(103)92-60-84(40-46-104(92)117)82-37-33-80(34-38-82)78-25-17-14-18-26-78/h13-64H,1-12H3. The summed E-state index contributed by atoms with van der Waals surface area (Å²) in [5, 5.41) is 6.80. The summed E-state index contributed by atoms with van der Waals surface area (Å²) in [6, 6.07) is 117. The Hall–Kier alpha value is -14.1. The summed E-state index contributed by atoms with van der Waals surface area (Å²) in [5.74, 6) is 1.56. The Morgan fingerprint density at radius 1 is 0.179 bits per heavy atom. The molecule has 0 atom stereocenters. The molecule has 0 unspecified atom stereocenters. The molecule has 0 aliphatic carbocycles. The van der Waals surface area contributed by atoms with Gasteiger partial charge in [-0.2, -0.15) is 9.97 Å². The molecule has 0 fully saturated rings. The van der Waals surface area contributed by atoms with E-state index in [2.05, 4.69) is 412 Å². The summed E-state index contributed by atoms with van der Waals surface area (Å²) < 4.78 is 7.20. The Balaban J connectivity index is 0.847. The summed E-state index contributed by atoms with van der Waals surface area (Å²) in [6.45, 7) is 26.8. The van der Waals surface area contributed by atoms with Crippen molar-refractivity contribution in [2.24, 2.45) is 0 Å². The molecule has 0 saturated carbocycles. The van der Waals surface area contributed by atoms with Crippen molar-refractivity contribution in [3.05, 3.63) is 382 Å². The summed E-state index contributed by atoms with van der Waals surface area (Å²) in [4.78, 5) is 17.8. The van der Waals surface area contributed by atoms with Gasteiger partial charge >= 0.3 is 0 Å². The molecule has 6 nitrogen and oxygen atoms in total. The van der Waals surface area contributed by atoms with E-state index in [1.165, 1.54) is 134 Å². The zero-order valence-electron chi connectivity index (χ0n) is 68.2. The molecule has 0 aliphatic rings. The number of hydrogen-bond acceptors (Lipinski definition) is 3. The third-order valence-electron chi connectivity index (χ3n) is 24.4. The van der Waals surface area contributed by atoms with Crippen molar-refractivity contribution >= 4 is 65.4 Å². The first kappa shape index (κ1) is 71.9. The monoisotopic (exact) mass is 1500 g/mol. The van der Waals surface area contributed by atoms with E-state index in [9.17, 15) is 0 Å². The lowest BCUT2D eigenvalue weighted by Crippen LogP contribution is -2.09. The number of fused-ring (bicyclic) bond motifs is 9. The quantitative estimate of drug-likeness (QED) is 0.116. The lowest BCUT2D eigenvalue weighted by atomic mass is 9.91. The third kappa shape index (κ3) is 12.5. The van der Waals surface area contributed by atoms with Crippen LogP contribution in [-0.4, -0.2) is 28.7 Å². The topological polar surface area (TPSA) is 53.5 Å². The molecule has 0 spiro atoms. The third-order valence-corrected chi connectivity index (χ3v) is 24.4. The number of aryl methyl sites for hydroxylation is 12. The van der Waals surface area contributed by atoms with E-state index in [0.29, 0.717) is 17.6 Å². The van der Waals surface area contributed by atoms with Crippen LogP contribution in [0.3, 0.4) is 0 Å². The van der Waals surface area contributed by atoms with Gasteiger partial charge in [-0.05, 0) is 314 Å². The molecule has 4 heterocycles. The van der Waals surface area contributed by atoms with Crippen molar-refractivity contribution in [2.75, 3.05) is 0 Å². The van der Waals surface area contributed by atoms with Crippen molar-refractivity contribution in [2.45, 2.75) is 83.1 Å². The molecule has 0 radical (unpaired) electrons. The maximum Gasteiger partial charge on any atom is 0.238 e. The van der Waals surface area contributed by atoms with Gasteiger partial charge in [0.05, 0.1) is 44.5 Å². The molecule has 0 saturated heterocycles. The molecule has 6 heteroatoms. The van der Waals surface area contributed by atoms with E-state index in [0.717, 1.165) is 110 Å². The maximum absolute atomic E-state index is 5.93. The highest BCUT2D eigenvalue weighted by molar-refractivity contribution is 6.15. The Kier molecular flexibility index (Phi) is 17.5. The maximum atomic E-state index is 5.93. The smallest absolute Gasteiger partial charge is 0.238 e. The number of para-hydroxylation sites is 2. The predicted octanol–water partition coefficient (Wildman–Crippen LogP) is 29.5. The van der Waals surface area contributed by atoms with Gasteiger partial charge in [0.2, 0.25) is 5.95 Å². The first-order valence-corrected chi connectivity index (χ1v) is 40.8. The van der Waals surface area contributed by atoms with Gasteiger partial charge in [0.15, 0.2) is 11.6 Å². The number of nitrogens with zero attached hydrogens (tertiary/aromatic N) is 6. The number of benzene rings is 16. The fourth-order valence-electron chi connectivity index (χ4n) is 19.7. The summed E-state index contributed by atoms with van der Waals surface area (Å²) in [7, 11) is 0. The average Bonchev–Trinajstić information content (AvgIpc) is 1.59. The van der Waals surface area contributed by atoms with Gasteiger partial charge in [0.25, 0.3) is 0 Å². The molecule has 4 aromatic heterocycles. The highest BCUT2D eigenvalue weighted by Gasteiger charge is 2.27. The molecule has 0 aliphatic heterocycles. The van der Waals surface area contributed by atoms with Crippen molar-refractivity contribution in [1.29, 1.82) is 0 Å². The number of rotatable bonds is 13. The summed E-state index contributed by atoms with van der Waals surface area (Å²) in [6.07, 6.45) is 0. The number of aromatic nitrogens is 6. The van der Waals surface area contributed by atoms with Gasteiger partial charge in [-0.1, -0.05) is 241 Å². The van der Waals surface area contributed by atoms with Crippen LogP contribution in [0.4, 0.5) is 0 Å². The Morgan fingerprint density at radius 2 is 0.393 bits per heavy atom. The van der Waals surface area contributed by atoms with Crippen LogP contribution in [0.1, 0.15) is 66.8 Å². The average molecular weight is 1510 g/mol. The van der Waals surface area contributed by atoms with Gasteiger partial charge in [-0.15, -0.1) is 0 Å². The van der Waals surface area contributed by atoms with Gasteiger partial charge < -0.3 is 9.13 Å². The molecule has 20 aromatic rings. The van der Waals surface area contributed by atoms with E-state index in [4.69, 9.17) is 15.0 Å². The minimum Gasteiger partial charge on any atom is -0.309 e. The second kappa shape index (κ2) is 28.5. The molecule has 0 bridgehead atoms. The zero-order valence-corrected chi connectivity index (χ0v) is 68.2. The first-order valence-electron chi connectivity index (χ1n) is 40.8. The highest BCUT2D eigenvalue weighted by Crippen LogP contribution is 2.47. The summed E-state index contributed by atoms with van der Waals surface area (Å²) in [5.41, 5.74) is 43.9.